The second-order valence-corrected chi connectivity index (χ2v) is 2.80. The molecule has 0 bridgehead atoms. The Morgan fingerprint density at radius 1 is 1.42 bits per heavy atom. The van der Waals surface area contributed by atoms with Crippen molar-refractivity contribution < 1.29 is 0 Å². The quantitative estimate of drug-likeness (QED) is 0.656. The van der Waals surface area contributed by atoms with E-state index in [4.69, 9.17) is 0 Å². The molecule has 12 heavy (non-hydrogen) atoms. The van der Waals surface area contributed by atoms with Crippen molar-refractivity contribution in [3.05, 3.63) is 47.9 Å². The van der Waals surface area contributed by atoms with Gasteiger partial charge in [0.1, 0.15) is 0 Å². The van der Waals surface area contributed by atoms with Crippen LogP contribution in [0.1, 0.15) is 20.3 Å². The maximum Gasteiger partial charge on any atom is 0.0214 e. The predicted molar refractivity (Wildman–Crippen MR) is 53.5 cm³/mol. The Bertz CT molecular complexity index is 254. The summed E-state index contributed by atoms with van der Waals surface area (Å²) in [5, 5.41) is 3.26. The fourth-order valence-corrected chi connectivity index (χ4v) is 1.08. The van der Waals surface area contributed by atoms with E-state index in [1.54, 1.807) is 0 Å². The van der Waals surface area contributed by atoms with Gasteiger partial charge in [-0.05, 0) is 25.6 Å². The van der Waals surface area contributed by atoms with Gasteiger partial charge in [0.25, 0.3) is 0 Å². The lowest BCUT2D eigenvalue weighted by Gasteiger charge is -2.05. The van der Waals surface area contributed by atoms with Gasteiger partial charge >= 0.3 is 0 Å². The number of rotatable bonds is 2. The van der Waals surface area contributed by atoms with Crippen molar-refractivity contribution in [3.63, 3.8) is 0 Å². The maximum absolute atomic E-state index is 3.26. The summed E-state index contributed by atoms with van der Waals surface area (Å²) in [4.78, 5) is 0. The van der Waals surface area contributed by atoms with Gasteiger partial charge in [-0.2, -0.15) is 0 Å². The van der Waals surface area contributed by atoms with Gasteiger partial charge < -0.3 is 5.32 Å². The zero-order valence-corrected chi connectivity index (χ0v) is 7.67. The van der Waals surface area contributed by atoms with E-state index in [0.717, 1.165) is 6.42 Å². The number of nitrogens with one attached hydrogen (secondary N) is 1. The lowest BCUT2D eigenvalue weighted by atomic mass is 10.2. The standard InChI is InChI=1S/C11H15N/c1-3-9-12-11-8-6-4-5-7-10(11)2/h3-7,9,12H,8H2,1-2H3/b9-3+. The van der Waals surface area contributed by atoms with Gasteiger partial charge in [-0.15, -0.1) is 0 Å². The van der Waals surface area contributed by atoms with Crippen LogP contribution >= 0.6 is 0 Å². The summed E-state index contributed by atoms with van der Waals surface area (Å²) in [5.74, 6) is 0. The van der Waals surface area contributed by atoms with Crippen LogP contribution in [0, 0.1) is 0 Å². The minimum Gasteiger partial charge on any atom is -0.365 e. The summed E-state index contributed by atoms with van der Waals surface area (Å²) < 4.78 is 0. The summed E-state index contributed by atoms with van der Waals surface area (Å²) in [6.45, 7) is 4.13. The zero-order chi connectivity index (χ0) is 8.81. The van der Waals surface area contributed by atoms with E-state index in [-0.39, 0.29) is 0 Å². The molecule has 0 aromatic heterocycles. The molecule has 0 saturated carbocycles. The van der Waals surface area contributed by atoms with E-state index in [1.165, 1.54) is 11.3 Å². The molecule has 0 unspecified atom stereocenters. The van der Waals surface area contributed by atoms with E-state index in [0.29, 0.717) is 0 Å². The molecular weight excluding hydrogens is 146 g/mol. The van der Waals surface area contributed by atoms with E-state index in [9.17, 15) is 0 Å². The fraction of sp³-hybridized carbons (Fsp3) is 0.273. The Kier molecular flexibility index (Phi) is 3.39. The van der Waals surface area contributed by atoms with Crippen molar-refractivity contribution in [1.29, 1.82) is 0 Å². The molecule has 0 aromatic rings. The molecule has 64 valence electrons. The molecular formula is C11H15N. The Labute approximate surface area is 74.2 Å². The second kappa shape index (κ2) is 4.60. The molecule has 0 aromatic carbocycles. The monoisotopic (exact) mass is 161 g/mol. The molecule has 0 spiro atoms. The predicted octanol–water partition coefficient (Wildman–Crippen LogP) is 2.90. The highest BCUT2D eigenvalue weighted by Gasteiger charge is 1.97. The molecule has 0 aliphatic heterocycles. The first kappa shape index (κ1) is 8.85. The minimum absolute atomic E-state index is 0.989. The van der Waals surface area contributed by atoms with Gasteiger partial charge in [0.05, 0.1) is 0 Å². The topological polar surface area (TPSA) is 12.0 Å². The van der Waals surface area contributed by atoms with Crippen molar-refractivity contribution in [2.45, 2.75) is 20.3 Å². The molecule has 0 radical (unpaired) electrons. The van der Waals surface area contributed by atoms with E-state index >= 15 is 0 Å². The molecule has 0 amide bonds. The van der Waals surface area contributed by atoms with Crippen LogP contribution in [0.25, 0.3) is 0 Å². The van der Waals surface area contributed by atoms with E-state index in [2.05, 4.69) is 36.5 Å². The normalized spacial score (nSPS) is 17.2. The van der Waals surface area contributed by atoms with Crippen molar-refractivity contribution >= 4 is 0 Å². The number of hydrogen-bond acceptors (Lipinski definition) is 1. The van der Waals surface area contributed by atoms with Gasteiger partial charge in [-0.25, -0.2) is 0 Å². The first-order valence-electron chi connectivity index (χ1n) is 4.25. The molecule has 0 saturated heterocycles. The first-order valence-corrected chi connectivity index (χ1v) is 4.25. The van der Waals surface area contributed by atoms with Crippen LogP contribution in [0.3, 0.4) is 0 Å². The third-order valence-corrected chi connectivity index (χ3v) is 1.82. The largest absolute Gasteiger partial charge is 0.365 e. The van der Waals surface area contributed by atoms with Crippen LogP contribution in [-0.2, 0) is 0 Å². The Hall–Kier alpha value is -1.24. The summed E-state index contributed by atoms with van der Waals surface area (Å²) in [5.41, 5.74) is 2.58. The van der Waals surface area contributed by atoms with E-state index in [1.807, 2.05) is 19.2 Å². The van der Waals surface area contributed by atoms with Crippen molar-refractivity contribution in [1.82, 2.24) is 5.32 Å². The molecule has 1 aliphatic carbocycles. The third kappa shape index (κ3) is 2.42. The lowest BCUT2D eigenvalue weighted by molar-refractivity contribution is 0.970. The summed E-state index contributed by atoms with van der Waals surface area (Å²) in [6.07, 6.45) is 13.4. The average Bonchev–Trinajstić information content (AvgIpc) is 2.27. The molecule has 1 rings (SSSR count). The molecule has 0 heterocycles. The zero-order valence-electron chi connectivity index (χ0n) is 7.67. The third-order valence-electron chi connectivity index (χ3n) is 1.82. The molecule has 1 aliphatic rings. The molecule has 0 atom stereocenters. The van der Waals surface area contributed by atoms with Gasteiger partial charge in [0.15, 0.2) is 0 Å². The number of allylic oxidation sites excluding steroid dienone is 6. The van der Waals surface area contributed by atoms with Crippen LogP contribution in [0.5, 0.6) is 0 Å². The smallest absolute Gasteiger partial charge is 0.0214 e. The van der Waals surface area contributed by atoms with Crippen LogP contribution in [0.4, 0.5) is 0 Å². The summed E-state index contributed by atoms with van der Waals surface area (Å²) >= 11 is 0. The van der Waals surface area contributed by atoms with Crippen LogP contribution in [0.15, 0.2) is 47.9 Å². The SMILES string of the molecule is C/C=C/NC1=C(C)C=CC=CC1. The summed E-state index contributed by atoms with van der Waals surface area (Å²) in [6, 6.07) is 0. The van der Waals surface area contributed by atoms with Gasteiger partial charge in [-0.3, -0.25) is 0 Å². The Morgan fingerprint density at radius 3 is 3.00 bits per heavy atom. The van der Waals surface area contributed by atoms with E-state index < -0.39 is 0 Å². The van der Waals surface area contributed by atoms with Crippen molar-refractivity contribution in [3.8, 4) is 0 Å². The Morgan fingerprint density at radius 2 is 2.25 bits per heavy atom. The lowest BCUT2D eigenvalue weighted by Crippen LogP contribution is -2.05. The highest BCUT2D eigenvalue weighted by atomic mass is 14.8. The van der Waals surface area contributed by atoms with Crippen molar-refractivity contribution in [2.75, 3.05) is 0 Å². The van der Waals surface area contributed by atoms with Crippen LogP contribution in [0.2, 0.25) is 0 Å². The van der Waals surface area contributed by atoms with Crippen LogP contribution in [-0.4, -0.2) is 0 Å². The Balaban J connectivity index is 2.71. The average molecular weight is 161 g/mol. The van der Waals surface area contributed by atoms with Crippen molar-refractivity contribution in [2.24, 2.45) is 0 Å². The highest BCUT2D eigenvalue weighted by Crippen LogP contribution is 2.11. The van der Waals surface area contributed by atoms with Gasteiger partial charge in [-0.1, -0.05) is 30.4 Å². The molecule has 0 fully saturated rings. The second-order valence-electron chi connectivity index (χ2n) is 2.80. The molecule has 1 heteroatoms. The van der Waals surface area contributed by atoms with Gasteiger partial charge in [0.2, 0.25) is 0 Å². The molecule has 1 N–H and O–H groups in total. The first-order chi connectivity index (χ1) is 5.84. The van der Waals surface area contributed by atoms with Gasteiger partial charge in [0, 0.05) is 12.1 Å². The molecule has 1 nitrogen and oxygen atoms in total. The van der Waals surface area contributed by atoms with Crippen LogP contribution < -0.4 is 5.32 Å². The highest BCUT2D eigenvalue weighted by molar-refractivity contribution is 5.30. The fourth-order valence-electron chi connectivity index (χ4n) is 1.08. The maximum atomic E-state index is 3.26. The minimum atomic E-state index is 0.989. The number of hydrogen-bond donors (Lipinski definition) is 1. The summed E-state index contributed by atoms with van der Waals surface area (Å²) in [7, 11) is 0.